The molecule has 0 atom stereocenters. The normalized spacial score (nSPS) is 11.9. The van der Waals surface area contributed by atoms with E-state index in [1.165, 1.54) is 109 Å². The first kappa shape index (κ1) is 69.5. The quantitative estimate of drug-likeness (QED) is 0.150. The Kier molecular flexibility index (Phi) is 15.8. The molecule has 0 amide bonds. The van der Waals surface area contributed by atoms with Crippen LogP contribution in [0.3, 0.4) is 0 Å². The van der Waals surface area contributed by atoms with Crippen LogP contribution in [0, 0.1) is 0 Å². The third-order valence-corrected chi connectivity index (χ3v) is 25.1. The van der Waals surface area contributed by atoms with Crippen LogP contribution >= 0.6 is 0 Å². The molecule has 0 N–H and O–H groups in total. The molecule has 6 aromatic heterocycles. The van der Waals surface area contributed by atoms with Crippen molar-refractivity contribution in [1.29, 1.82) is 0 Å². The van der Waals surface area contributed by atoms with E-state index in [9.17, 15) is 0 Å². The van der Waals surface area contributed by atoms with Gasteiger partial charge >= 0.3 is 0 Å². The highest BCUT2D eigenvalue weighted by Crippen LogP contribution is 2.47. The van der Waals surface area contributed by atoms with Gasteiger partial charge in [0.1, 0.15) is 33.5 Å². The average molecular weight is 1570 g/mol. The number of hydrogen-bond acceptors (Lipinski definition) is 9. The maximum absolute atomic E-state index is 6.41. The van der Waals surface area contributed by atoms with E-state index in [1.54, 1.807) is 37.2 Å². The second-order valence-corrected chi connectivity index (χ2v) is 31.7. The van der Waals surface area contributed by atoms with Crippen molar-refractivity contribution in [3.63, 3.8) is 0 Å². The minimum Gasteiger partial charge on any atom is -0.455 e. The number of benzene rings is 21. The van der Waals surface area contributed by atoms with Gasteiger partial charge in [0.05, 0.1) is 33.1 Å². The standard InChI is InChI=1S/3C38H22N2O/c1-2-10-30-28(8-1)34-22-23(18-19-31(34)37-36(30)39-20-21-40-37)24-11-5-13-26-25(24)12-6-14-27(26)32-15-7-16-33-29-9-3-4-17-35(29)41-38(32)33;1-2-9-26-25(8-1)24(18-19-28(26)32-13-7-14-33-29-11-5-6-15-35(29)41-38(32)33)23-16-17-31-34(22-23)27-10-3-4-12-30(27)36-37(31)40-21-20-39-36;1-2-8-31-29(6-1)34-22-25(16-17-32(34)37-36(31)39-18-19-40-37)24-14-12-23-13-15-26(21-27(23)20-24)28-9-5-10-33-30-7-3-4-11-35(30)41-38(28)33/h3*1-22H. The summed E-state index contributed by atoms with van der Waals surface area (Å²) in [4.78, 5) is 28.2. The fourth-order valence-electron chi connectivity index (χ4n) is 19.5. The van der Waals surface area contributed by atoms with E-state index in [4.69, 9.17) is 28.2 Å². The molecular weight excluding hydrogens is 1500 g/mol. The lowest BCUT2D eigenvalue weighted by Gasteiger charge is -2.14. The van der Waals surface area contributed by atoms with Crippen LogP contribution in [0.25, 0.3) is 263 Å². The summed E-state index contributed by atoms with van der Waals surface area (Å²) in [6, 6.07) is 129. The molecule has 0 unspecified atom stereocenters. The van der Waals surface area contributed by atoms with Crippen LogP contribution in [-0.2, 0) is 0 Å². The molecule has 27 aromatic rings. The SMILES string of the molecule is c1ccc2c(c1)oc1c(-c3ccc(-c4ccc5c(c4)c4ccccc4c4nccnc54)c4ccccc34)cccc12.c1ccc2c(c1)oc1c(-c3ccc4ccc(-c5ccc6c(c5)c5ccccc5c5nccnc65)cc4c3)cccc12.c1ccc2c(c1)oc1c(-c3cccc4c(-c5ccc6c(c5)c5ccccc5c5nccnc65)cccc34)cccc12. The number of nitrogens with zero attached hydrogens (tertiary/aromatic N) is 6. The highest BCUT2D eigenvalue weighted by Gasteiger charge is 2.22. The van der Waals surface area contributed by atoms with Gasteiger partial charge in [-0.15, -0.1) is 0 Å². The van der Waals surface area contributed by atoms with Gasteiger partial charge in [-0.3, -0.25) is 29.9 Å². The van der Waals surface area contributed by atoms with Gasteiger partial charge in [-0.1, -0.05) is 315 Å². The van der Waals surface area contributed by atoms with Crippen molar-refractivity contribution < 1.29 is 13.3 Å². The molecule has 0 saturated carbocycles. The maximum atomic E-state index is 6.41. The molecule has 0 radical (unpaired) electrons. The lowest BCUT2D eigenvalue weighted by Crippen LogP contribution is -1.90. The zero-order valence-electron chi connectivity index (χ0n) is 66.0. The first-order valence-electron chi connectivity index (χ1n) is 41.5. The Bertz CT molecular complexity index is 8730. The van der Waals surface area contributed by atoms with Crippen LogP contribution in [0.1, 0.15) is 0 Å². The van der Waals surface area contributed by atoms with Crippen LogP contribution in [0.5, 0.6) is 0 Å². The molecule has 0 fully saturated rings. The first-order valence-corrected chi connectivity index (χ1v) is 41.5. The summed E-state index contributed by atoms with van der Waals surface area (Å²) >= 11 is 0. The fourth-order valence-corrected chi connectivity index (χ4v) is 19.5. The van der Waals surface area contributed by atoms with E-state index in [1.807, 2.05) is 36.4 Å². The van der Waals surface area contributed by atoms with Crippen LogP contribution in [0.2, 0.25) is 0 Å². The summed E-state index contributed by atoms with van der Waals surface area (Å²) in [5.74, 6) is 0. The van der Waals surface area contributed by atoms with E-state index in [-0.39, 0.29) is 0 Å². The summed E-state index contributed by atoms with van der Waals surface area (Å²) in [6.45, 7) is 0. The van der Waals surface area contributed by atoms with E-state index in [0.717, 1.165) is 153 Å². The number of furan rings is 3. The van der Waals surface area contributed by atoms with Crippen molar-refractivity contribution >= 4 is 196 Å². The van der Waals surface area contributed by atoms with Crippen LogP contribution in [-0.4, -0.2) is 29.9 Å². The van der Waals surface area contributed by atoms with Gasteiger partial charge in [0.15, 0.2) is 0 Å². The van der Waals surface area contributed by atoms with Gasteiger partial charge < -0.3 is 13.3 Å². The van der Waals surface area contributed by atoms with Crippen LogP contribution in [0.4, 0.5) is 0 Å². The second-order valence-electron chi connectivity index (χ2n) is 31.7. The predicted octanol–water partition coefficient (Wildman–Crippen LogP) is 31.0. The summed E-state index contributed by atoms with van der Waals surface area (Å²) in [5, 5.41) is 28.0. The number of hydrogen-bond donors (Lipinski definition) is 0. The summed E-state index contributed by atoms with van der Waals surface area (Å²) in [6.07, 6.45) is 10.6. The predicted molar refractivity (Wildman–Crippen MR) is 511 cm³/mol. The number of aromatic nitrogens is 6. The molecular formula is C114H66N6O3. The molecule has 0 aliphatic rings. The summed E-state index contributed by atoms with van der Waals surface area (Å²) in [7, 11) is 0. The zero-order chi connectivity index (χ0) is 80.7. The van der Waals surface area contributed by atoms with E-state index in [2.05, 4.69) is 343 Å². The fraction of sp³-hybridized carbons (Fsp3) is 0. The van der Waals surface area contributed by atoms with Crippen molar-refractivity contribution in [3.05, 3.63) is 401 Å². The maximum Gasteiger partial charge on any atom is 0.143 e. The molecule has 0 spiro atoms. The molecule has 0 aliphatic carbocycles. The van der Waals surface area contributed by atoms with Crippen molar-refractivity contribution in [2.75, 3.05) is 0 Å². The molecule has 0 aliphatic heterocycles. The average Bonchev–Trinajstić information content (AvgIpc) is 1.73. The Balaban J connectivity index is 0.000000101. The lowest BCUT2D eigenvalue weighted by molar-refractivity contribution is 0.669. The molecule has 21 aromatic carbocycles. The van der Waals surface area contributed by atoms with Crippen molar-refractivity contribution in [3.8, 4) is 66.8 Å². The summed E-state index contributed by atoms with van der Waals surface area (Å²) in [5.41, 5.74) is 25.1. The van der Waals surface area contributed by atoms with Gasteiger partial charge in [-0.05, 0) is 163 Å². The Morgan fingerprint density at radius 3 is 0.821 bits per heavy atom. The Labute approximate surface area is 702 Å². The minimum absolute atomic E-state index is 0.913. The topological polar surface area (TPSA) is 117 Å². The zero-order valence-corrected chi connectivity index (χ0v) is 66.0. The number of fused-ring (bicyclic) bond motifs is 30. The van der Waals surface area contributed by atoms with Crippen LogP contribution < -0.4 is 0 Å². The molecule has 0 saturated heterocycles. The highest BCUT2D eigenvalue weighted by molar-refractivity contribution is 6.27. The van der Waals surface area contributed by atoms with Gasteiger partial charge in [0, 0.05) is 119 Å². The van der Waals surface area contributed by atoms with Gasteiger partial charge in [0.25, 0.3) is 0 Å². The number of rotatable bonds is 6. The van der Waals surface area contributed by atoms with Crippen molar-refractivity contribution in [2.24, 2.45) is 0 Å². The number of para-hydroxylation sites is 6. The third-order valence-electron chi connectivity index (χ3n) is 25.1. The monoisotopic (exact) mass is 1570 g/mol. The van der Waals surface area contributed by atoms with Gasteiger partial charge in [0.2, 0.25) is 0 Å². The lowest BCUT2D eigenvalue weighted by atomic mass is 9.90. The third kappa shape index (κ3) is 11.2. The molecule has 9 nitrogen and oxygen atoms in total. The molecule has 6 heterocycles. The van der Waals surface area contributed by atoms with E-state index >= 15 is 0 Å². The van der Waals surface area contributed by atoms with E-state index < -0.39 is 0 Å². The van der Waals surface area contributed by atoms with Crippen molar-refractivity contribution in [1.82, 2.24) is 29.9 Å². The second kappa shape index (κ2) is 28.0. The largest absolute Gasteiger partial charge is 0.455 e. The molecule has 9 heteroatoms. The first-order chi connectivity index (χ1) is 61.0. The molecule has 123 heavy (non-hydrogen) atoms. The van der Waals surface area contributed by atoms with Crippen LogP contribution in [0.15, 0.2) is 414 Å². The van der Waals surface area contributed by atoms with E-state index in [0.29, 0.717) is 0 Å². The van der Waals surface area contributed by atoms with Gasteiger partial charge in [-0.25, -0.2) is 0 Å². The molecule has 570 valence electrons. The Morgan fingerprint density at radius 2 is 0.390 bits per heavy atom. The summed E-state index contributed by atoms with van der Waals surface area (Å²) < 4.78 is 19.2. The smallest absolute Gasteiger partial charge is 0.143 e. The van der Waals surface area contributed by atoms with Crippen molar-refractivity contribution in [2.45, 2.75) is 0 Å². The Morgan fingerprint density at radius 1 is 0.138 bits per heavy atom. The highest BCUT2D eigenvalue weighted by atomic mass is 16.3. The minimum atomic E-state index is 0.913. The molecule has 0 bridgehead atoms. The van der Waals surface area contributed by atoms with Gasteiger partial charge in [-0.2, -0.15) is 0 Å². The Hall–Kier alpha value is -16.6. The molecule has 27 rings (SSSR count).